The molecule has 158 valence electrons. The minimum Gasteiger partial charge on any atom is -0.365 e. The second-order valence-electron chi connectivity index (χ2n) is 7.42. The molecular weight excluding hydrogens is 386 g/mol. The van der Waals surface area contributed by atoms with Crippen LogP contribution in [0.25, 0.3) is 11.0 Å². The highest BCUT2D eigenvalue weighted by atomic mass is 19.1. The fourth-order valence-electron chi connectivity index (χ4n) is 3.87. The predicted octanol–water partition coefficient (Wildman–Crippen LogP) is 3.19. The molecule has 8 heteroatoms. The van der Waals surface area contributed by atoms with E-state index in [0.717, 1.165) is 23.3 Å². The van der Waals surface area contributed by atoms with E-state index in [0.29, 0.717) is 32.1 Å². The van der Waals surface area contributed by atoms with Crippen LogP contribution in [0.1, 0.15) is 19.2 Å². The molecule has 0 bridgehead atoms. The Morgan fingerprint density at radius 1 is 1.17 bits per heavy atom. The maximum atomic E-state index is 14.1. The Kier molecular flexibility index (Phi) is 5.83. The molecule has 0 saturated carbocycles. The van der Waals surface area contributed by atoms with Crippen LogP contribution in [-0.4, -0.2) is 41.2 Å². The first-order valence-corrected chi connectivity index (χ1v) is 10.2. The topological polar surface area (TPSA) is 57.5 Å². The van der Waals surface area contributed by atoms with Gasteiger partial charge in [0.05, 0.1) is 11.0 Å². The Labute approximate surface area is 174 Å². The zero-order valence-corrected chi connectivity index (χ0v) is 17.2. The van der Waals surface area contributed by atoms with Crippen molar-refractivity contribution in [2.24, 2.45) is 12.0 Å². The summed E-state index contributed by atoms with van der Waals surface area (Å²) in [5, 5.41) is 6.64. The normalized spacial score (nSPS) is 17.0. The zero-order chi connectivity index (χ0) is 21.1. The lowest BCUT2D eigenvalue weighted by atomic mass is 10.2. The molecular formula is C22H26F2N6. The monoisotopic (exact) mass is 412 g/mol. The van der Waals surface area contributed by atoms with Crippen molar-refractivity contribution < 1.29 is 8.78 Å². The van der Waals surface area contributed by atoms with E-state index in [9.17, 15) is 8.78 Å². The third-order valence-electron chi connectivity index (χ3n) is 5.39. The van der Waals surface area contributed by atoms with Gasteiger partial charge in [-0.25, -0.2) is 18.8 Å². The number of para-hydroxylation sites is 3. The maximum absolute atomic E-state index is 14.1. The molecule has 1 atom stereocenters. The Morgan fingerprint density at radius 2 is 1.93 bits per heavy atom. The molecule has 2 N–H and O–H groups in total. The zero-order valence-electron chi connectivity index (χ0n) is 17.2. The molecule has 3 aromatic rings. The molecule has 0 spiro atoms. The number of hydrogen-bond acceptors (Lipinski definition) is 3. The number of benzene rings is 2. The van der Waals surface area contributed by atoms with Crippen LogP contribution >= 0.6 is 0 Å². The summed E-state index contributed by atoms with van der Waals surface area (Å²) < 4.78 is 30.2. The van der Waals surface area contributed by atoms with Crippen molar-refractivity contribution in [2.75, 3.05) is 24.5 Å². The standard InChI is InChI=1S/C22H26F2N6/c1-3-25-22(26-13-20-28-18-9-4-5-10-19(18)29(20)2)27-15-11-12-30(14-15)21-16(23)7-6-8-17(21)24/h4-10,15H,3,11-14H2,1-2H3,(H2,25,26,27). The molecule has 0 aliphatic carbocycles. The Balaban J connectivity index is 1.45. The van der Waals surface area contributed by atoms with E-state index >= 15 is 0 Å². The van der Waals surface area contributed by atoms with E-state index in [1.54, 1.807) is 4.90 Å². The number of nitrogens with one attached hydrogen (secondary N) is 2. The summed E-state index contributed by atoms with van der Waals surface area (Å²) in [5.41, 5.74) is 2.06. The SMILES string of the molecule is CCNC(=NCc1nc2ccccc2n1C)NC1CCN(c2c(F)cccc2F)C1. The third-order valence-corrected chi connectivity index (χ3v) is 5.39. The van der Waals surface area contributed by atoms with Crippen LogP contribution in [0.5, 0.6) is 0 Å². The summed E-state index contributed by atoms with van der Waals surface area (Å²) in [6, 6.07) is 12.0. The highest BCUT2D eigenvalue weighted by Crippen LogP contribution is 2.26. The molecule has 1 unspecified atom stereocenters. The summed E-state index contributed by atoms with van der Waals surface area (Å²) in [6.07, 6.45) is 0.768. The summed E-state index contributed by atoms with van der Waals surface area (Å²) >= 11 is 0. The molecule has 1 fully saturated rings. The number of guanidine groups is 1. The minimum atomic E-state index is -0.530. The molecule has 0 amide bonds. The summed E-state index contributed by atoms with van der Waals surface area (Å²) in [5.74, 6) is 0.483. The largest absolute Gasteiger partial charge is 0.365 e. The van der Waals surface area contributed by atoms with Gasteiger partial charge < -0.3 is 20.1 Å². The first-order chi connectivity index (χ1) is 14.6. The Morgan fingerprint density at radius 3 is 2.67 bits per heavy atom. The van der Waals surface area contributed by atoms with Gasteiger partial charge in [-0.05, 0) is 37.6 Å². The minimum absolute atomic E-state index is 0.0437. The lowest BCUT2D eigenvalue weighted by Crippen LogP contribution is -2.44. The van der Waals surface area contributed by atoms with Crippen molar-refractivity contribution in [3.8, 4) is 0 Å². The van der Waals surface area contributed by atoms with Crippen molar-refractivity contribution in [2.45, 2.75) is 25.9 Å². The van der Waals surface area contributed by atoms with Crippen LogP contribution in [0.3, 0.4) is 0 Å². The van der Waals surface area contributed by atoms with E-state index in [2.05, 4.69) is 20.6 Å². The first kappa shape index (κ1) is 20.1. The average molecular weight is 412 g/mol. The Bertz CT molecular complexity index is 1040. The second-order valence-corrected chi connectivity index (χ2v) is 7.42. The number of imidazole rings is 1. The second kappa shape index (κ2) is 8.69. The third kappa shape index (κ3) is 4.08. The van der Waals surface area contributed by atoms with Crippen LogP contribution < -0.4 is 15.5 Å². The molecule has 4 rings (SSSR count). The summed E-state index contributed by atoms with van der Waals surface area (Å²) in [6.45, 7) is 4.24. The fourth-order valence-corrected chi connectivity index (χ4v) is 3.87. The molecule has 1 saturated heterocycles. The smallest absolute Gasteiger partial charge is 0.191 e. The lowest BCUT2D eigenvalue weighted by molar-refractivity contribution is 0.576. The van der Waals surface area contributed by atoms with E-state index < -0.39 is 11.6 Å². The number of aliphatic imine (C=N–C) groups is 1. The number of hydrogen-bond donors (Lipinski definition) is 2. The van der Waals surface area contributed by atoms with Crippen molar-refractivity contribution in [3.63, 3.8) is 0 Å². The number of rotatable bonds is 5. The van der Waals surface area contributed by atoms with Gasteiger partial charge in [0.15, 0.2) is 5.96 Å². The molecule has 1 aliphatic rings. The van der Waals surface area contributed by atoms with Gasteiger partial charge in [0, 0.05) is 32.7 Å². The fraction of sp³-hybridized carbons (Fsp3) is 0.364. The van der Waals surface area contributed by atoms with Crippen LogP contribution in [0.15, 0.2) is 47.5 Å². The van der Waals surface area contributed by atoms with E-state index in [1.165, 1.54) is 18.2 Å². The predicted molar refractivity (Wildman–Crippen MR) is 116 cm³/mol. The molecule has 1 aromatic heterocycles. The van der Waals surface area contributed by atoms with Crippen LogP contribution in [0.2, 0.25) is 0 Å². The first-order valence-electron chi connectivity index (χ1n) is 10.2. The van der Waals surface area contributed by atoms with Crippen molar-refractivity contribution >= 4 is 22.7 Å². The van der Waals surface area contributed by atoms with Gasteiger partial charge in [-0.2, -0.15) is 0 Å². The number of anilines is 1. The van der Waals surface area contributed by atoms with E-state index in [-0.39, 0.29) is 11.7 Å². The number of aromatic nitrogens is 2. The van der Waals surface area contributed by atoms with Crippen molar-refractivity contribution in [1.82, 2.24) is 20.2 Å². The van der Waals surface area contributed by atoms with E-state index in [1.807, 2.05) is 42.8 Å². The van der Waals surface area contributed by atoms with Gasteiger partial charge in [0.25, 0.3) is 0 Å². The molecule has 1 aliphatic heterocycles. The number of nitrogens with zero attached hydrogens (tertiary/aromatic N) is 4. The van der Waals surface area contributed by atoms with Gasteiger partial charge in [0.1, 0.15) is 29.7 Å². The summed E-state index contributed by atoms with van der Waals surface area (Å²) in [4.78, 5) is 11.1. The summed E-state index contributed by atoms with van der Waals surface area (Å²) in [7, 11) is 1.98. The number of aryl methyl sites for hydroxylation is 1. The highest BCUT2D eigenvalue weighted by Gasteiger charge is 2.27. The quantitative estimate of drug-likeness (QED) is 0.499. The molecule has 2 aromatic carbocycles. The van der Waals surface area contributed by atoms with Crippen LogP contribution in [0, 0.1) is 11.6 Å². The molecule has 6 nitrogen and oxygen atoms in total. The van der Waals surface area contributed by atoms with Gasteiger partial charge in [-0.1, -0.05) is 18.2 Å². The average Bonchev–Trinajstić information content (AvgIpc) is 3.31. The molecule has 2 heterocycles. The molecule has 0 radical (unpaired) electrons. The highest BCUT2D eigenvalue weighted by molar-refractivity contribution is 5.80. The van der Waals surface area contributed by atoms with Gasteiger partial charge in [0.2, 0.25) is 0 Å². The maximum Gasteiger partial charge on any atom is 0.191 e. The van der Waals surface area contributed by atoms with Crippen LogP contribution in [-0.2, 0) is 13.6 Å². The molecule has 30 heavy (non-hydrogen) atoms. The van der Waals surface area contributed by atoms with Crippen LogP contribution in [0.4, 0.5) is 14.5 Å². The van der Waals surface area contributed by atoms with E-state index in [4.69, 9.17) is 0 Å². The number of fused-ring (bicyclic) bond motifs is 1. The Hall–Kier alpha value is -3.16. The van der Waals surface area contributed by atoms with Gasteiger partial charge in [-0.3, -0.25) is 0 Å². The lowest BCUT2D eigenvalue weighted by Gasteiger charge is -2.21. The van der Waals surface area contributed by atoms with Crippen molar-refractivity contribution in [1.29, 1.82) is 0 Å². The van der Waals surface area contributed by atoms with Gasteiger partial charge in [-0.15, -0.1) is 0 Å². The van der Waals surface area contributed by atoms with Gasteiger partial charge >= 0.3 is 0 Å². The van der Waals surface area contributed by atoms with Crippen molar-refractivity contribution in [3.05, 3.63) is 59.9 Å². The number of halogens is 2.